The first-order valence-corrected chi connectivity index (χ1v) is 13.3. The van der Waals surface area contributed by atoms with Crippen LogP contribution in [0.25, 0.3) is 44.6 Å². The van der Waals surface area contributed by atoms with Crippen molar-refractivity contribution in [2.24, 2.45) is 7.05 Å². The Balaban J connectivity index is 1.61. The zero-order valence-corrected chi connectivity index (χ0v) is 22.6. The van der Waals surface area contributed by atoms with E-state index in [1.165, 1.54) is 40.6 Å². The zero-order chi connectivity index (χ0) is 34.7. The molecule has 0 atom stereocenters. The van der Waals surface area contributed by atoms with E-state index in [1.807, 2.05) is 19.1 Å². The minimum Gasteiger partial charge on any atom is -0.257 e. The second kappa shape index (κ2) is 8.48. The summed E-state index contributed by atoms with van der Waals surface area (Å²) in [6, 6.07) is 17.2. The molecule has 2 heteroatoms. The molecule has 0 N–H and O–H groups in total. The number of benzene rings is 3. The van der Waals surface area contributed by atoms with Gasteiger partial charge in [0.25, 0.3) is 0 Å². The minimum absolute atomic E-state index is 0.0722. The van der Waals surface area contributed by atoms with Crippen LogP contribution < -0.4 is 4.57 Å². The summed E-state index contributed by atoms with van der Waals surface area (Å²) in [5.41, 5.74) is 12.6. The largest absolute Gasteiger partial charge is 0.257 e. The lowest BCUT2D eigenvalue weighted by Gasteiger charge is -2.19. The van der Waals surface area contributed by atoms with Crippen LogP contribution in [0.2, 0.25) is 0 Å². The smallest absolute Gasteiger partial charge is 0.213 e. The molecule has 2 heterocycles. The maximum Gasteiger partial charge on any atom is 0.213 e. The molecular weight excluding hydrogens is 472 g/mol. The van der Waals surface area contributed by atoms with E-state index in [-0.39, 0.29) is 27.8 Å². The van der Waals surface area contributed by atoms with Crippen LogP contribution in [0.1, 0.15) is 68.2 Å². The number of fused-ring (bicyclic) bond motifs is 7. The van der Waals surface area contributed by atoms with Gasteiger partial charge in [-0.3, -0.25) is 4.98 Å². The maximum absolute atomic E-state index is 8.51. The van der Waals surface area contributed by atoms with Gasteiger partial charge in [-0.25, -0.2) is 4.57 Å². The van der Waals surface area contributed by atoms with E-state index in [0.29, 0.717) is 17.7 Å². The average molecular weight is 517 g/mol. The highest BCUT2D eigenvalue weighted by Gasteiger charge is 2.36. The first-order chi connectivity index (χ1) is 22.4. The molecule has 0 fully saturated rings. The molecule has 0 bridgehead atoms. The number of hydrogen-bond acceptors (Lipinski definition) is 1. The molecule has 0 saturated heterocycles. The Kier molecular flexibility index (Phi) is 3.51. The molecule has 192 valence electrons. The SMILES string of the molecule is [2H]C([2H])([2H])c1c[n+](C)c(-c2c(C)c3c(c4c2Cc2nc(C)ccc2-4)-c2ccccc2C3)cc1-c1c(C([2H])([2H])[2H])cc(C)cc1C([2H])([2H])[2H]. The van der Waals surface area contributed by atoms with Crippen LogP contribution >= 0.6 is 0 Å². The van der Waals surface area contributed by atoms with Crippen LogP contribution in [0.15, 0.2) is 60.8 Å². The van der Waals surface area contributed by atoms with Gasteiger partial charge in [-0.1, -0.05) is 48.0 Å². The van der Waals surface area contributed by atoms with E-state index < -0.39 is 20.6 Å². The third-order valence-corrected chi connectivity index (χ3v) is 8.45. The average Bonchev–Trinajstić information content (AvgIpc) is 3.54. The normalized spacial score (nSPS) is 17.2. The molecule has 3 aromatic carbocycles. The summed E-state index contributed by atoms with van der Waals surface area (Å²) in [6.07, 6.45) is 2.82. The summed E-state index contributed by atoms with van der Waals surface area (Å²) in [5.74, 6) is 0. The van der Waals surface area contributed by atoms with Gasteiger partial charge in [0.05, 0.1) is 11.3 Å². The van der Waals surface area contributed by atoms with E-state index in [4.69, 9.17) is 17.3 Å². The molecule has 2 nitrogen and oxygen atoms in total. The van der Waals surface area contributed by atoms with Gasteiger partial charge in [-0.05, 0) is 115 Å². The number of aryl methyl sites for hydroxylation is 6. The molecular formula is C37H35N2+. The molecule has 2 aromatic heterocycles. The Labute approximate surface area is 244 Å². The monoisotopic (exact) mass is 516 g/mol. The van der Waals surface area contributed by atoms with Crippen LogP contribution in [0, 0.1) is 41.3 Å². The van der Waals surface area contributed by atoms with E-state index in [9.17, 15) is 0 Å². The Hall–Kier alpha value is -4.04. The van der Waals surface area contributed by atoms with E-state index in [0.717, 1.165) is 45.6 Å². The van der Waals surface area contributed by atoms with Crippen molar-refractivity contribution in [2.45, 2.75) is 54.2 Å². The number of pyridine rings is 2. The van der Waals surface area contributed by atoms with Crippen molar-refractivity contribution in [1.29, 1.82) is 0 Å². The summed E-state index contributed by atoms with van der Waals surface area (Å²) < 4.78 is 77.8. The van der Waals surface area contributed by atoms with Crippen molar-refractivity contribution in [1.82, 2.24) is 4.98 Å². The Morgan fingerprint density at radius 2 is 1.46 bits per heavy atom. The van der Waals surface area contributed by atoms with E-state index in [2.05, 4.69) is 31.2 Å². The lowest BCUT2D eigenvalue weighted by Crippen LogP contribution is -2.32. The number of hydrogen-bond donors (Lipinski definition) is 0. The predicted octanol–water partition coefficient (Wildman–Crippen LogP) is 8.23. The number of aromatic nitrogens is 2. The van der Waals surface area contributed by atoms with Gasteiger partial charge in [0.1, 0.15) is 7.05 Å². The Bertz CT molecular complexity index is 2150. The highest BCUT2D eigenvalue weighted by Crippen LogP contribution is 2.53. The predicted molar refractivity (Wildman–Crippen MR) is 161 cm³/mol. The highest BCUT2D eigenvalue weighted by molar-refractivity contribution is 6.00. The van der Waals surface area contributed by atoms with Crippen LogP contribution in [0.5, 0.6) is 0 Å². The van der Waals surface area contributed by atoms with Gasteiger partial charge in [0, 0.05) is 41.6 Å². The van der Waals surface area contributed by atoms with Crippen molar-refractivity contribution in [3.63, 3.8) is 0 Å². The quantitative estimate of drug-likeness (QED) is 0.211. The van der Waals surface area contributed by atoms with Crippen molar-refractivity contribution < 1.29 is 16.9 Å². The molecule has 2 aliphatic carbocycles. The Morgan fingerprint density at radius 1 is 0.718 bits per heavy atom. The standard InChI is InChI=1S/C37H35N2/c1-20-14-21(2)34(22(3)15-20)29-18-33(39(7)19-23(29)4)35-25(6)30-16-26-10-8-9-11-27(26)36(30)37-28-13-12-24(5)38-32(28)17-31(35)37/h8-15,18-19H,16-17H2,1-7H3/q+1/i2D3,3D3,4D3. The van der Waals surface area contributed by atoms with Crippen molar-refractivity contribution in [2.75, 3.05) is 0 Å². The number of rotatable bonds is 2. The molecule has 0 amide bonds. The molecule has 0 radical (unpaired) electrons. The topological polar surface area (TPSA) is 16.8 Å². The van der Waals surface area contributed by atoms with Gasteiger partial charge >= 0.3 is 0 Å². The molecule has 7 rings (SSSR count). The highest BCUT2D eigenvalue weighted by atomic mass is 14.9. The summed E-state index contributed by atoms with van der Waals surface area (Å²) in [5, 5.41) is 0. The van der Waals surface area contributed by atoms with Gasteiger partial charge in [-0.2, -0.15) is 0 Å². The fourth-order valence-electron chi connectivity index (χ4n) is 6.76. The lowest BCUT2D eigenvalue weighted by molar-refractivity contribution is -0.660. The minimum atomic E-state index is -2.70. The van der Waals surface area contributed by atoms with Gasteiger partial charge in [0.15, 0.2) is 6.20 Å². The van der Waals surface area contributed by atoms with E-state index >= 15 is 0 Å². The Morgan fingerprint density at radius 3 is 2.23 bits per heavy atom. The first kappa shape index (κ1) is 16.2. The first-order valence-electron chi connectivity index (χ1n) is 17.8. The van der Waals surface area contributed by atoms with Crippen LogP contribution in [0.3, 0.4) is 0 Å². The molecule has 39 heavy (non-hydrogen) atoms. The molecule has 0 unspecified atom stereocenters. The fraction of sp³-hybridized carbons (Fsp3) is 0.243. The van der Waals surface area contributed by atoms with Crippen LogP contribution in [0.4, 0.5) is 0 Å². The molecule has 0 aliphatic heterocycles. The zero-order valence-electron chi connectivity index (χ0n) is 31.6. The van der Waals surface area contributed by atoms with Gasteiger partial charge in [-0.15, -0.1) is 0 Å². The summed E-state index contributed by atoms with van der Waals surface area (Å²) in [6.45, 7) is -2.35. The van der Waals surface area contributed by atoms with Gasteiger partial charge in [0.2, 0.25) is 5.69 Å². The van der Waals surface area contributed by atoms with E-state index in [1.54, 1.807) is 24.6 Å². The van der Waals surface area contributed by atoms with Crippen molar-refractivity contribution in [3.05, 3.63) is 117 Å². The summed E-state index contributed by atoms with van der Waals surface area (Å²) in [7, 11) is 1.79. The maximum atomic E-state index is 8.51. The fourth-order valence-corrected chi connectivity index (χ4v) is 6.76. The molecule has 2 aliphatic rings. The third kappa shape index (κ3) is 3.47. The second-order valence-electron chi connectivity index (χ2n) is 11.0. The lowest BCUT2D eigenvalue weighted by atomic mass is 9.84. The van der Waals surface area contributed by atoms with Gasteiger partial charge < -0.3 is 0 Å². The van der Waals surface area contributed by atoms with Crippen molar-refractivity contribution in [3.8, 4) is 44.6 Å². The summed E-state index contributed by atoms with van der Waals surface area (Å²) >= 11 is 0. The molecule has 5 aromatic rings. The van der Waals surface area contributed by atoms with Crippen LogP contribution in [-0.2, 0) is 19.9 Å². The van der Waals surface area contributed by atoms with Crippen molar-refractivity contribution >= 4 is 0 Å². The third-order valence-electron chi connectivity index (χ3n) is 8.45. The molecule has 0 saturated carbocycles. The molecule has 0 spiro atoms. The summed E-state index contributed by atoms with van der Waals surface area (Å²) in [4.78, 5) is 4.93. The second-order valence-corrected chi connectivity index (χ2v) is 11.0. The van der Waals surface area contributed by atoms with Crippen LogP contribution in [-0.4, -0.2) is 4.98 Å². The number of nitrogens with zero attached hydrogens (tertiary/aromatic N) is 2.